The molecule has 0 spiro atoms. The van der Waals surface area contributed by atoms with Crippen molar-refractivity contribution in [1.82, 2.24) is 4.90 Å². The number of rotatable bonds is 7. The van der Waals surface area contributed by atoms with E-state index in [1.165, 1.54) is 12.0 Å². The number of thioether (sulfide) groups is 1. The number of halogens is 1. The van der Waals surface area contributed by atoms with Crippen LogP contribution in [0.2, 0.25) is 0 Å². The number of ether oxygens (including phenoxy) is 3. The number of carbonyl (C=O) groups excluding carboxylic acids is 2. The number of methoxy groups -OCH3 is 2. The lowest BCUT2D eigenvalue weighted by atomic mass is 10.2. The topological polar surface area (TPSA) is 65.1 Å². The van der Waals surface area contributed by atoms with Gasteiger partial charge in [0.15, 0.2) is 11.5 Å². The van der Waals surface area contributed by atoms with E-state index in [0.29, 0.717) is 26.6 Å². The molecule has 0 radical (unpaired) electrons. The molecule has 1 fully saturated rings. The molecule has 0 aromatic heterocycles. The van der Waals surface area contributed by atoms with E-state index in [1.54, 1.807) is 25.3 Å². The summed E-state index contributed by atoms with van der Waals surface area (Å²) >= 11 is 4.34. The fourth-order valence-corrected chi connectivity index (χ4v) is 4.24. The number of nitrogens with zero attached hydrogens (tertiary/aromatic N) is 1. The Kier molecular flexibility index (Phi) is 6.87. The normalized spacial score (nSPS) is 15.2. The van der Waals surface area contributed by atoms with Crippen molar-refractivity contribution in [3.8, 4) is 17.2 Å². The van der Waals surface area contributed by atoms with Gasteiger partial charge in [0, 0.05) is 0 Å². The van der Waals surface area contributed by atoms with Crippen LogP contribution in [-0.2, 0) is 4.79 Å². The average Bonchev–Trinajstić information content (AvgIpc) is 2.96. The summed E-state index contributed by atoms with van der Waals surface area (Å²) in [6.45, 7) is 2.41. The van der Waals surface area contributed by atoms with Crippen LogP contribution >= 0.6 is 27.7 Å². The maximum absolute atomic E-state index is 12.7. The molecule has 0 bridgehead atoms. The van der Waals surface area contributed by atoms with Gasteiger partial charge in [-0.2, -0.15) is 0 Å². The van der Waals surface area contributed by atoms with E-state index in [2.05, 4.69) is 15.9 Å². The van der Waals surface area contributed by atoms with E-state index >= 15 is 0 Å². The summed E-state index contributed by atoms with van der Waals surface area (Å²) in [6, 6.07) is 11.2. The van der Waals surface area contributed by atoms with Crippen molar-refractivity contribution >= 4 is 44.9 Å². The van der Waals surface area contributed by atoms with Crippen LogP contribution in [0.1, 0.15) is 11.1 Å². The summed E-state index contributed by atoms with van der Waals surface area (Å²) in [7, 11) is 3.09. The summed E-state index contributed by atoms with van der Waals surface area (Å²) in [6.07, 6.45) is 1.67. The van der Waals surface area contributed by atoms with Gasteiger partial charge >= 0.3 is 0 Å². The van der Waals surface area contributed by atoms with E-state index in [1.807, 2.05) is 31.2 Å². The quantitative estimate of drug-likeness (QED) is 0.528. The van der Waals surface area contributed by atoms with Crippen LogP contribution in [0.15, 0.2) is 45.8 Å². The Hall–Kier alpha value is -2.45. The van der Waals surface area contributed by atoms with Crippen molar-refractivity contribution in [2.75, 3.05) is 27.4 Å². The van der Waals surface area contributed by atoms with Crippen LogP contribution in [0.25, 0.3) is 6.08 Å². The Bertz CT molecular complexity index is 958. The molecule has 0 unspecified atom stereocenters. The third kappa shape index (κ3) is 4.94. The minimum atomic E-state index is -0.335. The lowest BCUT2D eigenvalue weighted by Crippen LogP contribution is -2.32. The molecule has 1 aliphatic rings. The van der Waals surface area contributed by atoms with E-state index in [4.69, 9.17) is 14.2 Å². The average molecular weight is 478 g/mol. The zero-order valence-electron chi connectivity index (χ0n) is 16.2. The van der Waals surface area contributed by atoms with Crippen LogP contribution in [0, 0.1) is 6.92 Å². The molecular formula is C21H20BrNO5S. The van der Waals surface area contributed by atoms with Crippen LogP contribution in [0.5, 0.6) is 17.2 Å². The molecule has 0 aliphatic carbocycles. The van der Waals surface area contributed by atoms with Gasteiger partial charge in [-0.3, -0.25) is 14.5 Å². The van der Waals surface area contributed by atoms with Gasteiger partial charge in [-0.1, -0.05) is 17.7 Å². The van der Waals surface area contributed by atoms with Crippen molar-refractivity contribution in [2.45, 2.75) is 6.92 Å². The molecule has 2 amide bonds. The van der Waals surface area contributed by atoms with Gasteiger partial charge in [0.05, 0.1) is 30.1 Å². The zero-order valence-corrected chi connectivity index (χ0v) is 18.6. The minimum Gasteiger partial charge on any atom is -0.493 e. The standard InChI is InChI=1S/C21H20BrNO5S/c1-13-4-6-15(7-5-13)28-9-8-23-20(24)18(29-21(23)25)12-14-10-16(22)19(27-3)17(11-14)26-2/h4-7,10-12H,8-9H2,1-3H3/b18-12-. The first kappa shape index (κ1) is 21.3. The molecule has 0 atom stereocenters. The van der Waals surface area contributed by atoms with Gasteiger partial charge in [0.2, 0.25) is 0 Å². The van der Waals surface area contributed by atoms with E-state index in [-0.39, 0.29) is 24.3 Å². The highest BCUT2D eigenvalue weighted by atomic mass is 79.9. The molecule has 6 nitrogen and oxygen atoms in total. The zero-order chi connectivity index (χ0) is 21.0. The van der Waals surface area contributed by atoms with Crippen molar-refractivity contribution in [2.24, 2.45) is 0 Å². The van der Waals surface area contributed by atoms with Crippen molar-refractivity contribution in [3.63, 3.8) is 0 Å². The molecule has 1 aliphatic heterocycles. The predicted octanol–water partition coefficient (Wildman–Crippen LogP) is 4.89. The highest BCUT2D eigenvalue weighted by molar-refractivity contribution is 9.10. The summed E-state index contributed by atoms with van der Waals surface area (Å²) in [5.41, 5.74) is 1.85. The maximum atomic E-state index is 12.7. The molecule has 29 heavy (non-hydrogen) atoms. The Balaban J connectivity index is 1.69. The second-order valence-electron chi connectivity index (χ2n) is 6.23. The number of imide groups is 1. The number of amides is 2. The fourth-order valence-electron chi connectivity index (χ4n) is 2.75. The Labute approximate surface area is 181 Å². The number of hydrogen-bond donors (Lipinski definition) is 0. The lowest BCUT2D eigenvalue weighted by molar-refractivity contribution is -0.123. The monoisotopic (exact) mass is 477 g/mol. The SMILES string of the molecule is COc1cc(/C=C2\SC(=O)N(CCOc3ccc(C)cc3)C2=O)cc(Br)c1OC. The van der Waals surface area contributed by atoms with Crippen molar-refractivity contribution in [1.29, 1.82) is 0 Å². The van der Waals surface area contributed by atoms with Crippen LogP contribution in [0.3, 0.4) is 0 Å². The molecule has 1 saturated heterocycles. The van der Waals surface area contributed by atoms with Crippen LogP contribution in [0.4, 0.5) is 4.79 Å². The Morgan fingerprint density at radius 3 is 2.48 bits per heavy atom. The largest absolute Gasteiger partial charge is 0.493 e. The van der Waals surface area contributed by atoms with E-state index in [0.717, 1.165) is 22.9 Å². The number of hydrogen-bond acceptors (Lipinski definition) is 6. The molecule has 2 aromatic rings. The van der Waals surface area contributed by atoms with Crippen LogP contribution < -0.4 is 14.2 Å². The van der Waals surface area contributed by atoms with Crippen molar-refractivity contribution in [3.05, 3.63) is 56.9 Å². The van der Waals surface area contributed by atoms with Gasteiger partial charge in [-0.25, -0.2) is 0 Å². The summed E-state index contributed by atoms with van der Waals surface area (Å²) in [5, 5.41) is -0.312. The second kappa shape index (κ2) is 9.37. The first-order valence-electron chi connectivity index (χ1n) is 8.79. The molecule has 152 valence electrons. The summed E-state index contributed by atoms with van der Waals surface area (Å²) < 4.78 is 16.9. The number of aryl methyl sites for hydroxylation is 1. The first-order chi connectivity index (χ1) is 13.9. The molecule has 8 heteroatoms. The fraction of sp³-hybridized carbons (Fsp3) is 0.238. The second-order valence-corrected chi connectivity index (χ2v) is 8.08. The summed E-state index contributed by atoms with van der Waals surface area (Å²) in [4.78, 5) is 26.5. The summed E-state index contributed by atoms with van der Waals surface area (Å²) in [5.74, 6) is 1.46. The van der Waals surface area contributed by atoms with Gasteiger partial charge in [0.1, 0.15) is 12.4 Å². The molecule has 2 aromatic carbocycles. The smallest absolute Gasteiger partial charge is 0.293 e. The minimum absolute atomic E-state index is 0.186. The van der Waals surface area contributed by atoms with Crippen molar-refractivity contribution < 1.29 is 23.8 Å². The van der Waals surface area contributed by atoms with Gasteiger partial charge < -0.3 is 14.2 Å². The molecule has 0 saturated carbocycles. The third-order valence-electron chi connectivity index (χ3n) is 4.23. The first-order valence-corrected chi connectivity index (χ1v) is 10.4. The highest BCUT2D eigenvalue weighted by Gasteiger charge is 2.34. The molecule has 3 rings (SSSR count). The Morgan fingerprint density at radius 2 is 1.83 bits per heavy atom. The maximum Gasteiger partial charge on any atom is 0.293 e. The molecule has 0 N–H and O–H groups in total. The van der Waals surface area contributed by atoms with Gasteiger partial charge in [-0.05, 0) is 70.5 Å². The Morgan fingerprint density at radius 1 is 1.10 bits per heavy atom. The third-order valence-corrected chi connectivity index (χ3v) is 5.73. The number of carbonyl (C=O) groups is 2. The van der Waals surface area contributed by atoms with Gasteiger partial charge in [-0.15, -0.1) is 0 Å². The van der Waals surface area contributed by atoms with Gasteiger partial charge in [0.25, 0.3) is 11.1 Å². The van der Waals surface area contributed by atoms with E-state index in [9.17, 15) is 9.59 Å². The predicted molar refractivity (Wildman–Crippen MR) is 117 cm³/mol. The number of benzene rings is 2. The lowest BCUT2D eigenvalue weighted by Gasteiger charge is -2.13. The van der Waals surface area contributed by atoms with E-state index < -0.39 is 0 Å². The van der Waals surface area contributed by atoms with Crippen LogP contribution in [-0.4, -0.2) is 43.4 Å². The highest BCUT2D eigenvalue weighted by Crippen LogP contribution is 2.38. The molecule has 1 heterocycles. The molecular weight excluding hydrogens is 458 g/mol.